The summed E-state index contributed by atoms with van der Waals surface area (Å²) in [7, 11) is 0. The highest BCUT2D eigenvalue weighted by atomic mass is 16.2. The van der Waals surface area contributed by atoms with E-state index in [9.17, 15) is 19.2 Å². The van der Waals surface area contributed by atoms with Gasteiger partial charge in [-0.05, 0) is 63.1 Å². The van der Waals surface area contributed by atoms with Gasteiger partial charge in [-0.3, -0.25) is 19.2 Å². The van der Waals surface area contributed by atoms with Crippen molar-refractivity contribution in [3.63, 3.8) is 0 Å². The third-order valence-corrected chi connectivity index (χ3v) is 5.91. The summed E-state index contributed by atoms with van der Waals surface area (Å²) in [6.45, 7) is 8.02. The first-order chi connectivity index (χ1) is 16.9. The lowest BCUT2D eigenvalue weighted by Crippen LogP contribution is -2.63. The lowest BCUT2D eigenvalue weighted by molar-refractivity contribution is -0.137. The maximum Gasteiger partial charge on any atom is 0.248 e. The van der Waals surface area contributed by atoms with Crippen LogP contribution in [0.4, 0.5) is 0 Å². The molecule has 3 atom stereocenters. The molecule has 0 fully saturated rings. The van der Waals surface area contributed by atoms with Gasteiger partial charge in [-0.2, -0.15) is 0 Å². The van der Waals surface area contributed by atoms with Gasteiger partial charge in [0.25, 0.3) is 0 Å². The van der Waals surface area contributed by atoms with Crippen LogP contribution in [0, 0.1) is 12.8 Å². The molecule has 1 aromatic rings. The van der Waals surface area contributed by atoms with Gasteiger partial charge >= 0.3 is 0 Å². The van der Waals surface area contributed by atoms with E-state index in [1.165, 1.54) is 6.08 Å². The summed E-state index contributed by atoms with van der Waals surface area (Å²) in [5, 5.41) is 5.30. The van der Waals surface area contributed by atoms with E-state index in [1.54, 1.807) is 6.08 Å². The van der Waals surface area contributed by atoms with Gasteiger partial charge in [0.05, 0.1) is 0 Å². The van der Waals surface area contributed by atoms with Crippen molar-refractivity contribution in [3.8, 4) is 0 Å². The Balaban J connectivity index is 3.13. The van der Waals surface area contributed by atoms with E-state index in [0.717, 1.165) is 11.1 Å². The molecule has 0 bridgehead atoms. The Hall–Kier alpha value is -3.04. The number of hydrogen-bond acceptors (Lipinski definition) is 6. The standard InChI is InChI=1S/C27H43N5O4/c1-5-9-21(25(35)31-22(24(29)34)16-18(2)3)32-26(36)27(30,14-6-7-15-28)23(33)13-12-20-11-8-10-19(4)17-20/h8,10-13,17-18,21-22H,5-7,9,14-16,28,30H2,1-4H3,(H2,29,34)(H,31,35)(H,32,36)/t21-,22-,27+/m0/s1. The molecule has 0 saturated carbocycles. The SMILES string of the molecule is CCC[C@H](NC(=O)[C@@](N)(CCCCN)C(=O)C=Cc1cccc(C)c1)C(=O)N[C@@H](CC(C)C)C(N)=O. The molecule has 3 amide bonds. The van der Waals surface area contributed by atoms with Gasteiger partial charge in [0, 0.05) is 0 Å². The fourth-order valence-electron chi connectivity index (χ4n) is 3.83. The number of nitrogens with one attached hydrogen (secondary N) is 2. The first kappa shape index (κ1) is 31.0. The van der Waals surface area contributed by atoms with Crippen LogP contribution in [-0.2, 0) is 19.2 Å². The monoisotopic (exact) mass is 501 g/mol. The summed E-state index contributed by atoms with van der Waals surface area (Å²) in [5.41, 5.74) is 17.4. The Bertz CT molecular complexity index is 930. The van der Waals surface area contributed by atoms with Crippen LogP contribution in [0.2, 0.25) is 0 Å². The smallest absolute Gasteiger partial charge is 0.248 e. The van der Waals surface area contributed by atoms with Crippen LogP contribution in [0.5, 0.6) is 0 Å². The van der Waals surface area contributed by atoms with Crippen LogP contribution in [0.3, 0.4) is 0 Å². The van der Waals surface area contributed by atoms with Crippen LogP contribution >= 0.6 is 0 Å². The minimum atomic E-state index is -1.87. The zero-order chi connectivity index (χ0) is 27.3. The second-order valence-electron chi connectivity index (χ2n) is 9.74. The van der Waals surface area contributed by atoms with Crippen molar-refractivity contribution in [2.75, 3.05) is 6.54 Å². The lowest BCUT2D eigenvalue weighted by atomic mass is 9.86. The molecule has 0 radical (unpaired) electrons. The Morgan fingerprint density at radius 3 is 2.33 bits per heavy atom. The minimum Gasteiger partial charge on any atom is -0.368 e. The molecule has 9 heteroatoms. The van der Waals surface area contributed by atoms with Gasteiger partial charge in [-0.15, -0.1) is 0 Å². The number of carbonyl (C=O) groups is 4. The van der Waals surface area contributed by atoms with Gasteiger partial charge in [0.1, 0.15) is 12.1 Å². The summed E-state index contributed by atoms with van der Waals surface area (Å²) >= 11 is 0. The number of hydrogen-bond donors (Lipinski definition) is 5. The molecule has 1 rings (SSSR count). The van der Waals surface area contributed by atoms with Crippen LogP contribution < -0.4 is 27.8 Å². The summed E-state index contributed by atoms with van der Waals surface area (Å²) in [4.78, 5) is 51.3. The number of primary amides is 1. The first-order valence-corrected chi connectivity index (χ1v) is 12.6. The van der Waals surface area contributed by atoms with Crippen molar-refractivity contribution in [2.24, 2.45) is 23.1 Å². The van der Waals surface area contributed by atoms with E-state index in [0.29, 0.717) is 38.6 Å². The zero-order valence-electron chi connectivity index (χ0n) is 22.0. The third-order valence-electron chi connectivity index (χ3n) is 5.91. The molecule has 0 aromatic heterocycles. The Labute approximate surface area is 214 Å². The Morgan fingerprint density at radius 1 is 1.08 bits per heavy atom. The highest BCUT2D eigenvalue weighted by Crippen LogP contribution is 2.17. The van der Waals surface area contributed by atoms with E-state index in [4.69, 9.17) is 17.2 Å². The van der Waals surface area contributed by atoms with Gasteiger partial charge < -0.3 is 27.8 Å². The summed E-state index contributed by atoms with van der Waals surface area (Å²) in [6, 6.07) is 5.73. The molecule has 0 aliphatic heterocycles. The molecule has 36 heavy (non-hydrogen) atoms. The molecule has 1 aromatic carbocycles. The molecule has 0 heterocycles. The molecule has 200 valence electrons. The van der Waals surface area contributed by atoms with Crippen LogP contribution in [-0.4, -0.2) is 47.7 Å². The second-order valence-corrected chi connectivity index (χ2v) is 9.74. The van der Waals surface area contributed by atoms with E-state index >= 15 is 0 Å². The highest BCUT2D eigenvalue weighted by Gasteiger charge is 2.41. The molecular weight excluding hydrogens is 458 g/mol. The predicted molar refractivity (Wildman–Crippen MR) is 142 cm³/mol. The fraction of sp³-hybridized carbons (Fsp3) is 0.556. The molecule has 8 N–H and O–H groups in total. The number of carbonyl (C=O) groups excluding carboxylic acids is 4. The molecule has 0 aliphatic rings. The zero-order valence-corrected chi connectivity index (χ0v) is 22.0. The summed E-state index contributed by atoms with van der Waals surface area (Å²) < 4.78 is 0. The van der Waals surface area contributed by atoms with Crippen molar-refractivity contribution in [1.82, 2.24) is 10.6 Å². The highest BCUT2D eigenvalue weighted by molar-refractivity contribution is 6.16. The van der Waals surface area contributed by atoms with Gasteiger partial charge in [-0.1, -0.05) is 63.1 Å². The summed E-state index contributed by atoms with van der Waals surface area (Å²) in [6.07, 6.45) is 5.31. The number of benzene rings is 1. The number of ketones is 1. The number of aryl methyl sites for hydroxylation is 1. The van der Waals surface area contributed by atoms with E-state index in [-0.39, 0.29) is 12.3 Å². The lowest BCUT2D eigenvalue weighted by Gasteiger charge is -2.29. The fourth-order valence-corrected chi connectivity index (χ4v) is 3.83. The van der Waals surface area contributed by atoms with Gasteiger partial charge in [0.2, 0.25) is 17.7 Å². The number of nitrogens with two attached hydrogens (primary N) is 3. The van der Waals surface area contributed by atoms with Crippen LogP contribution in [0.15, 0.2) is 30.3 Å². The maximum absolute atomic E-state index is 13.4. The van der Waals surface area contributed by atoms with E-state index in [1.807, 2.05) is 52.0 Å². The van der Waals surface area contributed by atoms with Crippen molar-refractivity contribution in [2.45, 2.75) is 83.8 Å². The molecule has 0 aliphatic carbocycles. The Kier molecular flexibility index (Phi) is 13.0. The van der Waals surface area contributed by atoms with Crippen molar-refractivity contribution in [3.05, 3.63) is 41.5 Å². The quantitative estimate of drug-likeness (QED) is 0.131. The van der Waals surface area contributed by atoms with Crippen LogP contribution in [0.1, 0.15) is 70.4 Å². The third kappa shape index (κ3) is 9.91. The second kappa shape index (κ2) is 15.2. The maximum atomic E-state index is 13.4. The number of rotatable bonds is 16. The molecule has 0 spiro atoms. The van der Waals surface area contributed by atoms with Crippen LogP contribution in [0.25, 0.3) is 6.08 Å². The van der Waals surface area contributed by atoms with Gasteiger partial charge in [-0.25, -0.2) is 0 Å². The van der Waals surface area contributed by atoms with Gasteiger partial charge in [0.15, 0.2) is 11.3 Å². The Morgan fingerprint density at radius 2 is 1.78 bits per heavy atom. The van der Waals surface area contributed by atoms with E-state index < -0.39 is 41.1 Å². The van der Waals surface area contributed by atoms with E-state index in [2.05, 4.69) is 10.6 Å². The topological polar surface area (TPSA) is 170 Å². The summed E-state index contributed by atoms with van der Waals surface area (Å²) in [5.74, 6) is -2.37. The normalized spacial score (nSPS) is 14.8. The average molecular weight is 502 g/mol. The largest absolute Gasteiger partial charge is 0.368 e. The van der Waals surface area contributed by atoms with Crippen molar-refractivity contribution < 1.29 is 19.2 Å². The predicted octanol–water partition coefficient (Wildman–Crippen LogP) is 1.70. The first-order valence-electron chi connectivity index (χ1n) is 12.6. The molecule has 0 unspecified atom stereocenters. The number of unbranched alkanes of at least 4 members (excludes halogenated alkanes) is 1. The molecule has 0 saturated heterocycles. The minimum absolute atomic E-state index is 0.0742. The number of amides is 3. The molecular formula is C27H43N5O4. The average Bonchev–Trinajstić information content (AvgIpc) is 2.81. The molecule has 9 nitrogen and oxygen atoms in total. The van der Waals surface area contributed by atoms with Crippen molar-refractivity contribution >= 4 is 29.6 Å². The van der Waals surface area contributed by atoms with Crippen molar-refractivity contribution in [1.29, 1.82) is 0 Å².